The molecule has 1 atom stereocenters. The van der Waals surface area contributed by atoms with Gasteiger partial charge in [-0.3, -0.25) is 9.59 Å². The summed E-state index contributed by atoms with van der Waals surface area (Å²) in [5.74, 6) is 0.217. The fourth-order valence-electron chi connectivity index (χ4n) is 3.35. The second-order valence-electron chi connectivity index (χ2n) is 7.03. The highest BCUT2D eigenvalue weighted by Crippen LogP contribution is 2.23. The van der Waals surface area contributed by atoms with Gasteiger partial charge in [-0.25, -0.2) is 4.98 Å². The zero-order valence-corrected chi connectivity index (χ0v) is 17.4. The number of benzene rings is 1. The molecule has 0 saturated carbocycles. The van der Waals surface area contributed by atoms with Crippen molar-refractivity contribution in [3.8, 4) is 5.75 Å². The summed E-state index contributed by atoms with van der Waals surface area (Å²) in [5.41, 5.74) is 2.68. The van der Waals surface area contributed by atoms with E-state index in [2.05, 4.69) is 11.1 Å². The molecule has 1 fully saturated rings. The van der Waals surface area contributed by atoms with E-state index in [1.54, 1.807) is 17.2 Å². The van der Waals surface area contributed by atoms with Crippen molar-refractivity contribution in [3.63, 3.8) is 0 Å². The number of likely N-dealkylation sites (tertiary alicyclic amines) is 1. The van der Waals surface area contributed by atoms with E-state index in [4.69, 9.17) is 9.47 Å². The van der Waals surface area contributed by atoms with E-state index in [9.17, 15) is 9.59 Å². The van der Waals surface area contributed by atoms with Crippen molar-refractivity contribution in [2.24, 2.45) is 5.92 Å². The Morgan fingerprint density at radius 1 is 1.32 bits per heavy atom. The number of esters is 1. The third kappa shape index (κ3) is 4.90. The molecule has 7 heteroatoms. The molecule has 3 rings (SSSR count). The molecule has 2 heterocycles. The summed E-state index contributed by atoms with van der Waals surface area (Å²) < 4.78 is 11.0. The average Bonchev–Trinajstić information content (AvgIpc) is 3.16. The number of hydrogen-bond acceptors (Lipinski definition) is 6. The number of amides is 1. The van der Waals surface area contributed by atoms with Crippen LogP contribution in [0.5, 0.6) is 5.75 Å². The van der Waals surface area contributed by atoms with Crippen molar-refractivity contribution in [1.82, 2.24) is 9.88 Å². The number of hydrogen-bond donors (Lipinski definition) is 0. The average molecular weight is 403 g/mol. The van der Waals surface area contributed by atoms with Crippen molar-refractivity contribution in [3.05, 3.63) is 45.4 Å². The Balaban J connectivity index is 1.59. The number of aromatic nitrogens is 1. The maximum absolute atomic E-state index is 12.8. The van der Waals surface area contributed by atoms with Crippen molar-refractivity contribution in [2.75, 3.05) is 19.7 Å². The molecular weight excluding hydrogens is 376 g/mol. The topological polar surface area (TPSA) is 68.7 Å². The van der Waals surface area contributed by atoms with Crippen LogP contribution in [0.15, 0.2) is 23.6 Å². The molecule has 28 heavy (non-hydrogen) atoms. The van der Waals surface area contributed by atoms with E-state index in [-0.39, 0.29) is 17.8 Å². The molecule has 1 amide bonds. The molecular formula is C21H26N2O4S. The SMILES string of the molecule is CCOC(=O)[C@@H]1CCCN(C(=O)c2csc(COc3ccc(C)cc3C)n2)C1. The van der Waals surface area contributed by atoms with Gasteiger partial charge in [-0.05, 0) is 45.2 Å². The van der Waals surface area contributed by atoms with Crippen molar-refractivity contribution < 1.29 is 19.1 Å². The third-order valence-corrected chi connectivity index (χ3v) is 5.60. The summed E-state index contributed by atoms with van der Waals surface area (Å²) in [6, 6.07) is 6.03. The lowest BCUT2D eigenvalue weighted by Gasteiger charge is -2.31. The smallest absolute Gasteiger partial charge is 0.310 e. The molecule has 0 bridgehead atoms. The highest BCUT2D eigenvalue weighted by molar-refractivity contribution is 7.09. The fraction of sp³-hybridized carbons (Fsp3) is 0.476. The molecule has 2 aromatic rings. The van der Waals surface area contributed by atoms with Gasteiger partial charge in [0.05, 0.1) is 12.5 Å². The Labute approximate surface area is 169 Å². The van der Waals surface area contributed by atoms with Crippen LogP contribution in [0.25, 0.3) is 0 Å². The zero-order valence-electron chi connectivity index (χ0n) is 16.6. The normalized spacial score (nSPS) is 16.7. The Morgan fingerprint density at radius 3 is 2.89 bits per heavy atom. The predicted molar refractivity (Wildman–Crippen MR) is 108 cm³/mol. The minimum Gasteiger partial charge on any atom is -0.486 e. The van der Waals surface area contributed by atoms with Gasteiger partial charge in [0.25, 0.3) is 5.91 Å². The van der Waals surface area contributed by atoms with Crippen LogP contribution in [0.3, 0.4) is 0 Å². The number of ether oxygens (including phenoxy) is 2. The van der Waals surface area contributed by atoms with E-state index in [1.165, 1.54) is 16.9 Å². The highest BCUT2D eigenvalue weighted by atomic mass is 32.1. The van der Waals surface area contributed by atoms with Gasteiger partial charge in [0.15, 0.2) is 0 Å². The lowest BCUT2D eigenvalue weighted by atomic mass is 9.98. The van der Waals surface area contributed by atoms with Crippen molar-refractivity contribution in [2.45, 2.75) is 40.2 Å². The fourth-order valence-corrected chi connectivity index (χ4v) is 4.03. The molecule has 0 N–H and O–H groups in total. The lowest BCUT2D eigenvalue weighted by molar-refractivity contribution is -0.149. The first-order chi connectivity index (χ1) is 13.5. The van der Waals surface area contributed by atoms with E-state index < -0.39 is 0 Å². The third-order valence-electron chi connectivity index (χ3n) is 4.78. The zero-order chi connectivity index (χ0) is 20.1. The van der Waals surface area contributed by atoms with Gasteiger partial charge in [0.2, 0.25) is 0 Å². The quantitative estimate of drug-likeness (QED) is 0.688. The first-order valence-corrected chi connectivity index (χ1v) is 10.5. The molecule has 1 saturated heterocycles. The molecule has 0 radical (unpaired) electrons. The van der Waals surface area contributed by atoms with Crippen LogP contribution in [-0.4, -0.2) is 41.5 Å². The van der Waals surface area contributed by atoms with Crippen LogP contribution in [-0.2, 0) is 16.1 Å². The van der Waals surface area contributed by atoms with E-state index in [0.717, 1.165) is 29.2 Å². The summed E-state index contributed by atoms with van der Waals surface area (Å²) in [6.45, 7) is 7.56. The van der Waals surface area contributed by atoms with Gasteiger partial charge in [-0.1, -0.05) is 17.7 Å². The van der Waals surface area contributed by atoms with Crippen LogP contribution in [0.1, 0.15) is 46.4 Å². The van der Waals surface area contributed by atoms with E-state index in [0.29, 0.717) is 32.0 Å². The maximum atomic E-state index is 12.8. The largest absolute Gasteiger partial charge is 0.486 e. The minimum atomic E-state index is -0.247. The summed E-state index contributed by atoms with van der Waals surface area (Å²) in [4.78, 5) is 30.9. The molecule has 1 aromatic carbocycles. The Morgan fingerprint density at radius 2 is 2.14 bits per heavy atom. The molecule has 1 aliphatic rings. The molecule has 1 aromatic heterocycles. The Bertz CT molecular complexity index is 849. The van der Waals surface area contributed by atoms with Crippen LogP contribution >= 0.6 is 11.3 Å². The number of thiazole rings is 1. The van der Waals surface area contributed by atoms with Crippen LogP contribution in [0, 0.1) is 19.8 Å². The van der Waals surface area contributed by atoms with Gasteiger partial charge in [0.1, 0.15) is 23.1 Å². The van der Waals surface area contributed by atoms with E-state index >= 15 is 0 Å². The molecule has 0 unspecified atom stereocenters. The van der Waals surface area contributed by atoms with Gasteiger partial charge in [0, 0.05) is 18.5 Å². The number of piperidine rings is 1. The van der Waals surface area contributed by atoms with Gasteiger partial charge < -0.3 is 14.4 Å². The Kier molecular flexibility index (Phi) is 6.67. The first kappa shape index (κ1) is 20.3. The lowest BCUT2D eigenvalue weighted by Crippen LogP contribution is -2.43. The predicted octanol–water partition coefficient (Wildman–Crippen LogP) is 3.75. The monoisotopic (exact) mass is 402 g/mol. The number of aryl methyl sites for hydroxylation is 2. The van der Waals surface area contributed by atoms with Crippen molar-refractivity contribution in [1.29, 1.82) is 0 Å². The summed E-state index contributed by atoms with van der Waals surface area (Å²) in [5, 5.41) is 2.51. The first-order valence-electron chi connectivity index (χ1n) is 9.58. The standard InChI is InChI=1S/C21H26N2O4S/c1-4-26-21(25)16-6-5-9-23(11-16)20(24)17-13-28-19(22-17)12-27-18-8-7-14(2)10-15(18)3/h7-8,10,13,16H,4-6,9,11-12H2,1-3H3/t16-/m1/s1. The van der Waals surface area contributed by atoms with Crippen LogP contribution in [0.2, 0.25) is 0 Å². The minimum absolute atomic E-state index is 0.136. The summed E-state index contributed by atoms with van der Waals surface area (Å²) in [6.07, 6.45) is 1.55. The van der Waals surface area contributed by atoms with Gasteiger partial charge in [-0.15, -0.1) is 11.3 Å². The van der Waals surface area contributed by atoms with Crippen molar-refractivity contribution >= 4 is 23.2 Å². The van der Waals surface area contributed by atoms with Crippen LogP contribution < -0.4 is 4.74 Å². The molecule has 150 valence electrons. The molecule has 1 aliphatic heterocycles. The van der Waals surface area contributed by atoms with Crippen LogP contribution in [0.4, 0.5) is 0 Å². The van der Waals surface area contributed by atoms with E-state index in [1.807, 2.05) is 26.0 Å². The molecule has 0 aliphatic carbocycles. The Hall–Kier alpha value is -2.41. The number of nitrogens with zero attached hydrogens (tertiary/aromatic N) is 2. The summed E-state index contributed by atoms with van der Waals surface area (Å²) >= 11 is 1.41. The summed E-state index contributed by atoms with van der Waals surface area (Å²) in [7, 11) is 0. The molecule has 6 nitrogen and oxygen atoms in total. The second kappa shape index (κ2) is 9.19. The number of carbonyl (C=O) groups excluding carboxylic acids is 2. The van der Waals surface area contributed by atoms with Gasteiger partial charge >= 0.3 is 5.97 Å². The molecule has 0 spiro atoms. The second-order valence-corrected chi connectivity index (χ2v) is 7.97. The highest BCUT2D eigenvalue weighted by Gasteiger charge is 2.30. The number of carbonyl (C=O) groups is 2. The number of rotatable bonds is 6. The maximum Gasteiger partial charge on any atom is 0.310 e. The van der Waals surface area contributed by atoms with Gasteiger partial charge in [-0.2, -0.15) is 0 Å².